The van der Waals surface area contributed by atoms with E-state index in [2.05, 4.69) is 20.9 Å². The van der Waals surface area contributed by atoms with E-state index >= 15 is 0 Å². The Bertz CT molecular complexity index is 1390. The lowest BCUT2D eigenvalue weighted by atomic mass is 9.85. The number of halogens is 1. The number of β-amino-alcohol motifs (C(OH)–C–C–N with tert-alkyl or cyclic N) is 1. The Balaban J connectivity index is 0.00000756. The van der Waals surface area contributed by atoms with Crippen LogP contribution in [0.2, 0.25) is 0 Å². The molecule has 14 nitrogen and oxygen atoms in total. The fourth-order valence-electron chi connectivity index (χ4n) is 6.04. The summed E-state index contributed by atoms with van der Waals surface area (Å²) in [7, 11) is 0. The Morgan fingerprint density at radius 3 is 2.15 bits per heavy atom. The molecule has 0 aliphatic carbocycles. The first-order valence-electron chi connectivity index (χ1n) is 18.2. The predicted octanol–water partition coefficient (Wildman–Crippen LogP) is 2.48. The van der Waals surface area contributed by atoms with Gasteiger partial charge < -0.3 is 49.6 Å². The zero-order valence-electron chi connectivity index (χ0n) is 31.4. The zero-order valence-corrected chi connectivity index (χ0v) is 33.1. The van der Waals surface area contributed by atoms with Gasteiger partial charge in [-0.05, 0) is 49.4 Å². The van der Waals surface area contributed by atoms with Gasteiger partial charge in [-0.2, -0.15) is 0 Å². The number of likely N-dealkylation sites (tertiary alicyclic amines) is 1. The molecule has 0 radical (unpaired) electrons. The Morgan fingerprint density at radius 2 is 1.57 bits per heavy atom. The predicted molar refractivity (Wildman–Crippen MR) is 204 cm³/mol. The summed E-state index contributed by atoms with van der Waals surface area (Å²) in [6.45, 7) is 12.9. The summed E-state index contributed by atoms with van der Waals surface area (Å²) in [6, 6.07) is 6.08. The second-order valence-corrected chi connectivity index (χ2v) is 15.0. The van der Waals surface area contributed by atoms with E-state index in [-0.39, 0.29) is 57.6 Å². The van der Waals surface area contributed by atoms with E-state index in [9.17, 15) is 19.5 Å². The highest BCUT2D eigenvalue weighted by Gasteiger charge is 2.44. The van der Waals surface area contributed by atoms with Gasteiger partial charge >= 0.3 is 0 Å². The van der Waals surface area contributed by atoms with Crippen LogP contribution in [-0.2, 0) is 44.6 Å². The normalized spacial score (nSPS) is 18.4. The first-order chi connectivity index (χ1) is 25.0. The van der Waals surface area contributed by atoms with E-state index in [1.165, 1.54) is 4.90 Å². The summed E-state index contributed by atoms with van der Waals surface area (Å²) in [5.74, 6) is -1.25. The molecule has 4 N–H and O–H groups in total. The lowest BCUT2D eigenvalue weighted by molar-refractivity contribution is -0.144. The first kappa shape index (κ1) is 44.7. The number of benzene rings is 1. The molecule has 3 atom stereocenters. The number of carbonyl (C=O) groups excluding carboxylic acids is 3. The van der Waals surface area contributed by atoms with Crippen molar-refractivity contribution in [2.24, 2.45) is 5.41 Å². The summed E-state index contributed by atoms with van der Waals surface area (Å²) in [5, 5.41) is 19.5. The number of aliphatic hydroxyl groups excluding tert-OH is 1. The van der Waals surface area contributed by atoms with Crippen molar-refractivity contribution in [2.45, 2.75) is 77.8 Å². The van der Waals surface area contributed by atoms with Gasteiger partial charge in [0.05, 0.1) is 81.1 Å². The number of nitrogens with one attached hydrogen (secondary N) is 3. The Labute approximate surface area is 323 Å². The van der Waals surface area contributed by atoms with Gasteiger partial charge in [-0.3, -0.25) is 14.4 Å². The third-order valence-electron chi connectivity index (χ3n) is 8.93. The molecule has 0 bridgehead atoms. The zero-order chi connectivity index (χ0) is 37.3. The molecule has 298 valence electrons. The summed E-state index contributed by atoms with van der Waals surface area (Å²) < 4.78 is 27.8. The minimum absolute atomic E-state index is 0. The van der Waals surface area contributed by atoms with Gasteiger partial charge in [0.2, 0.25) is 17.7 Å². The van der Waals surface area contributed by atoms with Crippen molar-refractivity contribution in [3.8, 4) is 10.4 Å². The Kier molecular flexibility index (Phi) is 19.6. The van der Waals surface area contributed by atoms with Gasteiger partial charge in [-0.15, -0.1) is 23.7 Å². The summed E-state index contributed by atoms with van der Waals surface area (Å²) in [5.41, 5.74) is 4.07. The third kappa shape index (κ3) is 15.1. The van der Waals surface area contributed by atoms with Crippen molar-refractivity contribution in [1.29, 1.82) is 0 Å². The van der Waals surface area contributed by atoms with Gasteiger partial charge in [0.25, 0.3) is 0 Å². The molecule has 1 aromatic heterocycles. The fourth-order valence-corrected chi connectivity index (χ4v) is 6.86. The highest BCUT2D eigenvalue weighted by molar-refractivity contribution is 7.13. The topological polar surface area (TPSA) is 170 Å². The number of hydrogen-bond donors (Lipinski definition) is 4. The summed E-state index contributed by atoms with van der Waals surface area (Å²) >= 11 is 1.58. The van der Waals surface area contributed by atoms with Crippen LogP contribution in [0.4, 0.5) is 0 Å². The van der Waals surface area contributed by atoms with Crippen LogP contribution in [-0.4, -0.2) is 136 Å². The van der Waals surface area contributed by atoms with Crippen molar-refractivity contribution >= 4 is 41.5 Å². The quantitative estimate of drug-likeness (QED) is 0.137. The molecule has 16 heteroatoms. The van der Waals surface area contributed by atoms with Gasteiger partial charge in [0.15, 0.2) is 0 Å². The molecule has 4 rings (SSSR count). The number of piperidine rings is 1. The van der Waals surface area contributed by atoms with E-state index in [0.717, 1.165) is 47.6 Å². The van der Waals surface area contributed by atoms with E-state index in [4.69, 9.17) is 23.7 Å². The maximum atomic E-state index is 13.8. The standard InChI is InChI=1S/C37H57N5O9S.ClH/c1-26-33(52-25-40-26)28-7-5-27(6-8-28)22-39-35(45)31-21-29(43)23-42(31)36(46)34(37(2,3)4)41-32(44)24-50-18-17-48-14-13-47-15-16-49-19-20-51-30-9-11-38-12-10-30;/h5-8,25,29-31,34,38,43H,9-24H2,1-4H3,(H,39,45)(H,41,44);1H/t29-,31+,34-;/m1./s1. The average Bonchev–Trinajstić information content (AvgIpc) is 3.74. The SMILES string of the molecule is Cc1ncsc1-c1ccc(CNC(=O)[C@@H]2C[C@@H](O)CN2C(=O)[C@@H](NC(=O)COCCOCCOCCOCCOC2CCNCC2)C(C)(C)C)cc1.Cl. The average molecular weight is 784 g/mol. The van der Waals surface area contributed by atoms with Crippen LogP contribution in [0.1, 0.15) is 51.3 Å². The monoisotopic (exact) mass is 783 g/mol. The van der Waals surface area contributed by atoms with Crippen LogP contribution in [0.5, 0.6) is 0 Å². The van der Waals surface area contributed by atoms with Crippen LogP contribution in [0.15, 0.2) is 29.8 Å². The van der Waals surface area contributed by atoms with Gasteiger partial charge in [-0.1, -0.05) is 45.0 Å². The van der Waals surface area contributed by atoms with Gasteiger partial charge in [0, 0.05) is 19.5 Å². The van der Waals surface area contributed by atoms with E-state index < -0.39 is 35.4 Å². The lowest BCUT2D eigenvalue weighted by Gasteiger charge is -2.35. The highest BCUT2D eigenvalue weighted by atomic mass is 35.5. The molecule has 0 unspecified atom stereocenters. The molecule has 53 heavy (non-hydrogen) atoms. The van der Waals surface area contributed by atoms with Crippen LogP contribution >= 0.6 is 23.7 Å². The van der Waals surface area contributed by atoms with Crippen molar-refractivity contribution in [3.63, 3.8) is 0 Å². The number of nitrogens with zero attached hydrogens (tertiary/aromatic N) is 2. The number of aromatic nitrogens is 1. The number of aryl methyl sites for hydroxylation is 1. The molecule has 1 aromatic carbocycles. The number of aliphatic hydroxyl groups is 1. The Morgan fingerprint density at radius 1 is 0.962 bits per heavy atom. The first-order valence-corrected chi connectivity index (χ1v) is 19.1. The van der Waals surface area contributed by atoms with Crippen molar-refractivity contribution in [1.82, 2.24) is 25.8 Å². The molecule has 2 saturated heterocycles. The minimum Gasteiger partial charge on any atom is -0.391 e. The number of carbonyl (C=O) groups is 3. The lowest BCUT2D eigenvalue weighted by Crippen LogP contribution is -2.58. The van der Waals surface area contributed by atoms with Gasteiger partial charge in [-0.25, -0.2) is 4.98 Å². The number of rotatable bonds is 21. The third-order valence-corrected chi connectivity index (χ3v) is 9.91. The van der Waals surface area contributed by atoms with Crippen molar-refractivity contribution in [2.75, 3.05) is 79.1 Å². The number of thiazole rings is 1. The molecule has 2 fully saturated rings. The highest BCUT2D eigenvalue weighted by Crippen LogP contribution is 2.28. The van der Waals surface area contributed by atoms with Crippen LogP contribution in [0, 0.1) is 12.3 Å². The molecule has 2 aromatic rings. The van der Waals surface area contributed by atoms with Crippen LogP contribution < -0.4 is 16.0 Å². The second-order valence-electron chi connectivity index (χ2n) is 14.2. The molecule has 3 heterocycles. The van der Waals surface area contributed by atoms with Gasteiger partial charge in [0.1, 0.15) is 18.7 Å². The smallest absolute Gasteiger partial charge is 0.246 e. The molecule has 0 saturated carbocycles. The molecular formula is C37H58ClN5O9S. The molecular weight excluding hydrogens is 726 g/mol. The van der Waals surface area contributed by atoms with E-state index in [1.54, 1.807) is 11.3 Å². The summed E-state index contributed by atoms with van der Waals surface area (Å²) in [6.07, 6.45) is 1.67. The molecule has 0 spiro atoms. The molecule has 2 aliphatic heterocycles. The van der Waals surface area contributed by atoms with E-state index in [1.807, 2.05) is 57.5 Å². The van der Waals surface area contributed by atoms with Crippen molar-refractivity contribution < 1.29 is 43.2 Å². The fraction of sp³-hybridized carbons (Fsp3) is 0.676. The van der Waals surface area contributed by atoms with Crippen LogP contribution in [0.3, 0.4) is 0 Å². The minimum atomic E-state index is -0.939. The maximum absolute atomic E-state index is 13.8. The maximum Gasteiger partial charge on any atom is 0.246 e. The largest absolute Gasteiger partial charge is 0.391 e. The van der Waals surface area contributed by atoms with Crippen molar-refractivity contribution in [3.05, 3.63) is 41.0 Å². The molecule has 3 amide bonds. The number of ether oxygens (including phenoxy) is 5. The van der Waals surface area contributed by atoms with E-state index in [0.29, 0.717) is 45.7 Å². The second kappa shape index (κ2) is 23.2. The Hall–Kier alpha value is -2.73. The van der Waals surface area contributed by atoms with Crippen LogP contribution in [0.25, 0.3) is 10.4 Å². The number of hydrogen-bond acceptors (Lipinski definition) is 12. The molecule has 2 aliphatic rings. The summed E-state index contributed by atoms with van der Waals surface area (Å²) in [4.78, 5) is 46.7. The number of amides is 3.